The van der Waals surface area contributed by atoms with E-state index in [-0.39, 0.29) is 17.3 Å². The number of aromatic nitrogens is 3. The number of rotatable bonds is 6. The normalized spacial score (nSPS) is 14.1. The molecular weight excluding hydrogens is 288 g/mol. The van der Waals surface area contributed by atoms with Gasteiger partial charge in [-0.1, -0.05) is 6.92 Å². The lowest BCUT2D eigenvalue weighted by atomic mass is 10.2. The van der Waals surface area contributed by atoms with E-state index in [9.17, 15) is 4.79 Å². The first kappa shape index (κ1) is 15.8. The molecule has 0 aliphatic rings. The van der Waals surface area contributed by atoms with Gasteiger partial charge < -0.3 is 9.88 Å². The second-order valence-corrected chi connectivity index (χ2v) is 5.88. The van der Waals surface area contributed by atoms with E-state index in [0.29, 0.717) is 13.0 Å². The minimum Gasteiger partial charge on any atom is -0.354 e. The van der Waals surface area contributed by atoms with Crippen molar-refractivity contribution in [2.75, 3.05) is 0 Å². The fourth-order valence-electron chi connectivity index (χ4n) is 2.20. The molecule has 2 unspecified atom stereocenters. The molecule has 0 radical (unpaired) electrons. The Bertz CT molecular complexity index is 623. The van der Waals surface area contributed by atoms with E-state index >= 15 is 0 Å². The molecule has 0 saturated carbocycles. The summed E-state index contributed by atoms with van der Waals surface area (Å²) in [6.45, 7) is 6.50. The van der Waals surface area contributed by atoms with Crippen LogP contribution in [0.15, 0.2) is 18.5 Å². The minimum atomic E-state index is -0.213. The fraction of sp³-hybridized carbons (Fsp3) is 0.533. The largest absolute Gasteiger partial charge is 0.354 e. The van der Waals surface area contributed by atoms with Crippen LogP contribution in [0.25, 0.3) is 11.0 Å². The van der Waals surface area contributed by atoms with Crippen LogP contribution in [0.1, 0.15) is 44.8 Å². The van der Waals surface area contributed by atoms with Crippen molar-refractivity contribution in [2.45, 2.75) is 51.6 Å². The van der Waals surface area contributed by atoms with Gasteiger partial charge in [-0.15, -0.1) is 11.6 Å². The van der Waals surface area contributed by atoms with E-state index in [1.807, 2.05) is 24.5 Å². The van der Waals surface area contributed by atoms with Gasteiger partial charge in [-0.2, -0.15) is 0 Å². The lowest BCUT2D eigenvalue weighted by Crippen LogP contribution is -2.32. The number of alkyl halides is 1. The van der Waals surface area contributed by atoms with E-state index in [1.165, 1.54) is 0 Å². The highest BCUT2D eigenvalue weighted by Crippen LogP contribution is 2.24. The number of hydrogen-bond acceptors (Lipinski definition) is 3. The van der Waals surface area contributed by atoms with Gasteiger partial charge in [-0.05, 0) is 26.3 Å². The Morgan fingerprint density at radius 3 is 2.90 bits per heavy atom. The molecule has 1 N–H and O–H groups in total. The summed E-state index contributed by atoms with van der Waals surface area (Å²) in [5.74, 6) is 0.824. The van der Waals surface area contributed by atoms with Crippen molar-refractivity contribution in [3.05, 3.63) is 24.3 Å². The second-order valence-electron chi connectivity index (χ2n) is 5.23. The third-order valence-electron chi connectivity index (χ3n) is 3.52. The van der Waals surface area contributed by atoms with E-state index in [2.05, 4.69) is 22.2 Å². The Kier molecular flexibility index (Phi) is 5.17. The number of pyridine rings is 1. The molecule has 0 aliphatic heterocycles. The van der Waals surface area contributed by atoms with E-state index in [0.717, 1.165) is 23.3 Å². The van der Waals surface area contributed by atoms with Crippen molar-refractivity contribution >= 4 is 28.5 Å². The summed E-state index contributed by atoms with van der Waals surface area (Å²) in [5, 5.41) is 2.76. The lowest BCUT2D eigenvalue weighted by Gasteiger charge is -2.13. The quantitative estimate of drug-likeness (QED) is 0.834. The summed E-state index contributed by atoms with van der Waals surface area (Å²) in [6.07, 6.45) is 4.78. The van der Waals surface area contributed by atoms with Crippen LogP contribution in [0.5, 0.6) is 0 Å². The summed E-state index contributed by atoms with van der Waals surface area (Å²) >= 11 is 6.20. The van der Waals surface area contributed by atoms with Gasteiger partial charge in [0.2, 0.25) is 5.91 Å². The summed E-state index contributed by atoms with van der Waals surface area (Å²) in [5.41, 5.74) is 1.77. The highest BCUT2D eigenvalue weighted by molar-refractivity contribution is 6.20. The van der Waals surface area contributed by atoms with Gasteiger partial charge in [0.15, 0.2) is 0 Å². The van der Waals surface area contributed by atoms with E-state index in [4.69, 9.17) is 11.6 Å². The zero-order valence-corrected chi connectivity index (χ0v) is 13.4. The Hall–Kier alpha value is -1.62. The summed E-state index contributed by atoms with van der Waals surface area (Å²) in [7, 11) is 0. The maximum Gasteiger partial charge on any atom is 0.221 e. The molecule has 0 aliphatic carbocycles. The van der Waals surface area contributed by atoms with Crippen LogP contribution in [0.4, 0.5) is 0 Å². The first-order valence-corrected chi connectivity index (χ1v) is 7.70. The summed E-state index contributed by atoms with van der Waals surface area (Å²) in [6, 6.07) is 2.10. The average Bonchev–Trinajstić information content (AvgIpc) is 2.84. The summed E-state index contributed by atoms with van der Waals surface area (Å²) < 4.78 is 2.00. The lowest BCUT2D eigenvalue weighted by molar-refractivity contribution is -0.121. The molecule has 0 bridgehead atoms. The SMILES string of the molecule is CCC(C)NC(=O)CCn1c(C(C)Cl)nc2cnccc21. The van der Waals surface area contributed by atoms with Crippen LogP contribution < -0.4 is 5.32 Å². The van der Waals surface area contributed by atoms with E-state index in [1.54, 1.807) is 12.4 Å². The van der Waals surface area contributed by atoms with Crippen LogP contribution in [0.2, 0.25) is 0 Å². The monoisotopic (exact) mass is 308 g/mol. The molecule has 0 saturated heterocycles. The number of aryl methyl sites for hydroxylation is 1. The number of nitrogens with one attached hydrogen (secondary N) is 1. The molecule has 2 rings (SSSR count). The van der Waals surface area contributed by atoms with Gasteiger partial charge in [0, 0.05) is 25.2 Å². The highest BCUT2D eigenvalue weighted by atomic mass is 35.5. The number of carbonyl (C=O) groups is 1. The Morgan fingerprint density at radius 1 is 1.48 bits per heavy atom. The van der Waals surface area contributed by atoms with Gasteiger partial charge in [0.1, 0.15) is 11.3 Å². The Morgan fingerprint density at radius 2 is 2.24 bits per heavy atom. The molecule has 2 atom stereocenters. The van der Waals surface area contributed by atoms with Crippen molar-refractivity contribution in [3.8, 4) is 0 Å². The maximum absolute atomic E-state index is 11.9. The molecule has 2 aromatic rings. The molecule has 0 fully saturated rings. The minimum absolute atomic E-state index is 0.0495. The fourth-order valence-corrected chi connectivity index (χ4v) is 2.37. The molecule has 1 amide bonds. The number of carbonyl (C=O) groups excluding carboxylic acids is 1. The van der Waals surface area contributed by atoms with Gasteiger partial charge in [0.05, 0.1) is 17.1 Å². The first-order valence-electron chi connectivity index (χ1n) is 7.26. The molecular formula is C15H21ClN4O. The van der Waals surface area contributed by atoms with Crippen LogP contribution in [0, 0.1) is 0 Å². The molecule has 2 aromatic heterocycles. The summed E-state index contributed by atoms with van der Waals surface area (Å²) in [4.78, 5) is 20.5. The van der Waals surface area contributed by atoms with Crippen molar-refractivity contribution in [2.24, 2.45) is 0 Å². The molecule has 0 spiro atoms. The standard InChI is InChI=1S/C15H21ClN4O/c1-4-10(2)18-14(21)6-8-20-13-5-7-17-9-12(13)19-15(20)11(3)16/h5,7,9-11H,4,6,8H2,1-3H3,(H,18,21). The molecule has 6 heteroatoms. The number of halogens is 1. The number of nitrogens with zero attached hydrogens (tertiary/aromatic N) is 3. The maximum atomic E-state index is 11.9. The van der Waals surface area contributed by atoms with Crippen LogP contribution in [-0.4, -0.2) is 26.5 Å². The number of hydrogen-bond donors (Lipinski definition) is 1. The number of amides is 1. The Balaban J connectivity index is 2.17. The van der Waals surface area contributed by atoms with Gasteiger partial charge in [-0.3, -0.25) is 9.78 Å². The zero-order valence-electron chi connectivity index (χ0n) is 12.6. The van der Waals surface area contributed by atoms with Gasteiger partial charge >= 0.3 is 0 Å². The third-order valence-corrected chi connectivity index (χ3v) is 3.71. The Labute approximate surface area is 129 Å². The smallest absolute Gasteiger partial charge is 0.221 e. The predicted molar refractivity (Wildman–Crippen MR) is 84.3 cm³/mol. The van der Waals surface area contributed by atoms with Crippen molar-refractivity contribution < 1.29 is 4.79 Å². The topological polar surface area (TPSA) is 59.8 Å². The molecule has 114 valence electrons. The van der Waals surface area contributed by atoms with Crippen molar-refractivity contribution in [1.82, 2.24) is 19.9 Å². The van der Waals surface area contributed by atoms with Gasteiger partial charge in [-0.25, -0.2) is 4.98 Å². The van der Waals surface area contributed by atoms with Crippen LogP contribution in [0.3, 0.4) is 0 Å². The first-order chi connectivity index (χ1) is 10.0. The highest BCUT2D eigenvalue weighted by Gasteiger charge is 2.16. The zero-order chi connectivity index (χ0) is 15.4. The van der Waals surface area contributed by atoms with Crippen LogP contribution >= 0.6 is 11.6 Å². The van der Waals surface area contributed by atoms with Gasteiger partial charge in [0.25, 0.3) is 0 Å². The molecule has 5 nitrogen and oxygen atoms in total. The van der Waals surface area contributed by atoms with E-state index < -0.39 is 0 Å². The third kappa shape index (κ3) is 3.73. The molecule has 0 aromatic carbocycles. The molecule has 21 heavy (non-hydrogen) atoms. The van der Waals surface area contributed by atoms with Crippen molar-refractivity contribution in [3.63, 3.8) is 0 Å². The number of fused-ring (bicyclic) bond motifs is 1. The predicted octanol–water partition coefficient (Wildman–Crippen LogP) is 3.04. The second kappa shape index (κ2) is 6.89. The van der Waals surface area contributed by atoms with Crippen molar-refractivity contribution in [1.29, 1.82) is 0 Å². The molecule has 2 heterocycles. The average molecular weight is 309 g/mol. The number of imidazole rings is 1. The van der Waals surface area contributed by atoms with Crippen LogP contribution in [-0.2, 0) is 11.3 Å².